The second-order valence-electron chi connectivity index (χ2n) is 3.61. The number of ether oxygens (including phenoxy) is 2. The van der Waals surface area contributed by atoms with Crippen molar-refractivity contribution in [3.8, 4) is 5.88 Å². The first-order valence-corrected chi connectivity index (χ1v) is 5.44. The summed E-state index contributed by atoms with van der Waals surface area (Å²) in [6.07, 6.45) is 3.82. The van der Waals surface area contributed by atoms with Crippen molar-refractivity contribution in [3.05, 3.63) is 17.8 Å². The van der Waals surface area contributed by atoms with Gasteiger partial charge in [0.05, 0.1) is 12.8 Å². The largest absolute Gasteiger partial charge is 0.477 e. The Bertz CT molecular complexity index is 311. The monoisotopic (exact) mass is 208 g/mol. The maximum absolute atomic E-state index is 5.48. The average Bonchev–Trinajstić information content (AvgIpc) is 2.31. The molecule has 0 spiro atoms. The zero-order valence-electron chi connectivity index (χ0n) is 8.98. The van der Waals surface area contributed by atoms with E-state index in [2.05, 4.69) is 10.2 Å². The van der Waals surface area contributed by atoms with Crippen LogP contribution in [0, 0.1) is 0 Å². The molecule has 82 valence electrons. The minimum Gasteiger partial charge on any atom is -0.477 e. The van der Waals surface area contributed by atoms with Crippen LogP contribution in [-0.4, -0.2) is 30.0 Å². The number of nitrogens with zero attached hydrogens (tertiary/aromatic N) is 2. The maximum Gasteiger partial charge on any atom is 0.236 e. The molecule has 15 heavy (non-hydrogen) atoms. The van der Waals surface area contributed by atoms with Crippen LogP contribution in [0.2, 0.25) is 0 Å². The fraction of sp³-hybridized carbons (Fsp3) is 0.636. The molecule has 0 atom stereocenters. The standard InChI is InChI=1S/C11H16N2O2/c1-2-15-11-10(3-6-12-13-11)9-4-7-14-8-5-9/h3,6,9H,2,4-5,7-8H2,1H3. The number of rotatable bonds is 3. The first kappa shape index (κ1) is 10.4. The molecule has 1 aromatic rings. The highest BCUT2D eigenvalue weighted by Gasteiger charge is 2.20. The predicted octanol–water partition coefficient (Wildman–Crippen LogP) is 1.77. The summed E-state index contributed by atoms with van der Waals surface area (Å²) in [6, 6.07) is 2.01. The van der Waals surface area contributed by atoms with Crippen LogP contribution in [0.3, 0.4) is 0 Å². The molecule has 0 aliphatic carbocycles. The molecule has 1 aromatic heterocycles. The quantitative estimate of drug-likeness (QED) is 0.759. The summed E-state index contributed by atoms with van der Waals surface area (Å²) < 4.78 is 10.8. The summed E-state index contributed by atoms with van der Waals surface area (Å²) in [7, 11) is 0. The van der Waals surface area contributed by atoms with E-state index in [0.717, 1.165) is 26.1 Å². The zero-order valence-corrected chi connectivity index (χ0v) is 8.98. The van der Waals surface area contributed by atoms with E-state index in [1.807, 2.05) is 13.0 Å². The Kier molecular flexibility index (Phi) is 3.50. The van der Waals surface area contributed by atoms with E-state index < -0.39 is 0 Å². The fourth-order valence-corrected chi connectivity index (χ4v) is 1.90. The number of aromatic nitrogens is 2. The first-order valence-electron chi connectivity index (χ1n) is 5.44. The number of hydrogen-bond acceptors (Lipinski definition) is 4. The van der Waals surface area contributed by atoms with Crippen molar-refractivity contribution < 1.29 is 9.47 Å². The lowest BCUT2D eigenvalue weighted by atomic mass is 9.93. The molecule has 2 rings (SSSR count). The molecule has 0 amide bonds. The minimum absolute atomic E-state index is 0.510. The summed E-state index contributed by atoms with van der Waals surface area (Å²) in [6.45, 7) is 4.26. The van der Waals surface area contributed by atoms with Gasteiger partial charge in [0.25, 0.3) is 0 Å². The van der Waals surface area contributed by atoms with Gasteiger partial charge in [-0.05, 0) is 31.7 Å². The summed E-state index contributed by atoms with van der Waals surface area (Å²) in [5.41, 5.74) is 1.18. The molecule has 0 N–H and O–H groups in total. The van der Waals surface area contributed by atoms with Crippen molar-refractivity contribution in [3.63, 3.8) is 0 Å². The minimum atomic E-state index is 0.510. The molecule has 1 aliphatic heterocycles. The lowest BCUT2D eigenvalue weighted by molar-refractivity contribution is 0.0844. The zero-order chi connectivity index (χ0) is 10.5. The average molecular weight is 208 g/mol. The number of hydrogen-bond donors (Lipinski definition) is 0. The van der Waals surface area contributed by atoms with E-state index in [0.29, 0.717) is 18.4 Å². The summed E-state index contributed by atoms with van der Waals surface area (Å²) in [5.74, 6) is 1.20. The maximum atomic E-state index is 5.48. The first-order chi connectivity index (χ1) is 7.42. The second-order valence-corrected chi connectivity index (χ2v) is 3.61. The summed E-state index contributed by atoms with van der Waals surface area (Å²) in [5, 5.41) is 7.88. The van der Waals surface area contributed by atoms with Gasteiger partial charge < -0.3 is 9.47 Å². The van der Waals surface area contributed by atoms with Crippen molar-refractivity contribution in [2.24, 2.45) is 0 Å². The lowest BCUT2D eigenvalue weighted by Crippen LogP contribution is -2.15. The molecule has 1 aliphatic rings. The third-order valence-electron chi connectivity index (χ3n) is 2.66. The Labute approximate surface area is 89.6 Å². The fourth-order valence-electron chi connectivity index (χ4n) is 1.90. The molecule has 0 radical (unpaired) electrons. The van der Waals surface area contributed by atoms with Gasteiger partial charge in [-0.2, -0.15) is 5.10 Å². The normalized spacial score (nSPS) is 17.7. The molecule has 0 saturated carbocycles. The molecule has 4 nitrogen and oxygen atoms in total. The van der Waals surface area contributed by atoms with E-state index in [1.54, 1.807) is 6.20 Å². The van der Waals surface area contributed by atoms with Gasteiger partial charge in [-0.3, -0.25) is 0 Å². The highest BCUT2D eigenvalue weighted by molar-refractivity contribution is 5.27. The van der Waals surface area contributed by atoms with E-state index in [9.17, 15) is 0 Å². The third kappa shape index (κ3) is 2.45. The van der Waals surface area contributed by atoms with Crippen molar-refractivity contribution in [2.75, 3.05) is 19.8 Å². The third-order valence-corrected chi connectivity index (χ3v) is 2.66. The van der Waals surface area contributed by atoms with Crippen LogP contribution in [0.25, 0.3) is 0 Å². The molecule has 0 bridgehead atoms. The van der Waals surface area contributed by atoms with Crippen LogP contribution >= 0.6 is 0 Å². The Morgan fingerprint density at radius 2 is 2.27 bits per heavy atom. The molecule has 2 heterocycles. The van der Waals surface area contributed by atoms with Crippen molar-refractivity contribution in [1.82, 2.24) is 10.2 Å². The summed E-state index contributed by atoms with van der Waals surface area (Å²) >= 11 is 0. The van der Waals surface area contributed by atoms with Crippen LogP contribution in [0.15, 0.2) is 12.3 Å². The molecule has 0 aromatic carbocycles. The van der Waals surface area contributed by atoms with Gasteiger partial charge >= 0.3 is 0 Å². The summed E-state index contributed by atoms with van der Waals surface area (Å²) in [4.78, 5) is 0. The van der Waals surface area contributed by atoms with E-state index in [4.69, 9.17) is 9.47 Å². The van der Waals surface area contributed by atoms with Gasteiger partial charge in [0.15, 0.2) is 0 Å². The Hall–Kier alpha value is -1.16. The van der Waals surface area contributed by atoms with Crippen LogP contribution in [-0.2, 0) is 4.74 Å². The van der Waals surface area contributed by atoms with Gasteiger partial charge in [-0.25, -0.2) is 0 Å². The highest BCUT2D eigenvalue weighted by atomic mass is 16.5. The smallest absolute Gasteiger partial charge is 0.236 e. The molecular weight excluding hydrogens is 192 g/mol. The van der Waals surface area contributed by atoms with Crippen LogP contribution in [0.1, 0.15) is 31.2 Å². The van der Waals surface area contributed by atoms with E-state index >= 15 is 0 Å². The van der Waals surface area contributed by atoms with E-state index in [-0.39, 0.29) is 0 Å². The molecule has 1 saturated heterocycles. The Morgan fingerprint density at radius 3 is 3.00 bits per heavy atom. The van der Waals surface area contributed by atoms with E-state index in [1.165, 1.54) is 5.56 Å². The lowest BCUT2D eigenvalue weighted by Gasteiger charge is -2.23. The van der Waals surface area contributed by atoms with Gasteiger partial charge in [0.1, 0.15) is 0 Å². The van der Waals surface area contributed by atoms with Crippen molar-refractivity contribution >= 4 is 0 Å². The SMILES string of the molecule is CCOc1nnccc1C1CCOCC1. The Morgan fingerprint density at radius 1 is 1.47 bits per heavy atom. The molecular formula is C11H16N2O2. The molecule has 0 unspecified atom stereocenters. The molecule has 1 fully saturated rings. The van der Waals surface area contributed by atoms with Crippen LogP contribution < -0.4 is 4.74 Å². The van der Waals surface area contributed by atoms with Gasteiger partial charge in [0.2, 0.25) is 5.88 Å². The van der Waals surface area contributed by atoms with Gasteiger partial charge in [-0.1, -0.05) is 0 Å². The second kappa shape index (κ2) is 5.07. The van der Waals surface area contributed by atoms with Gasteiger partial charge in [-0.15, -0.1) is 5.10 Å². The van der Waals surface area contributed by atoms with Crippen molar-refractivity contribution in [2.45, 2.75) is 25.7 Å². The van der Waals surface area contributed by atoms with Crippen LogP contribution in [0.4, 0.5) is 0 Å². The highest BCUT2D eigenvalue weighted by Crippen LogP contribution is 2.31. The van der Waals surface area contributed by atoms with Crippen LogP contribution in [0.5, 0.6) is 5.88 Å². The van der Waals surface area contributed by atoms with Crippen molar-refractivity contribution in [1.29, 1.82) is 0 Å². The van der Waals surface area contributed by atoms with Gasteiger partial charge in [0, 0.05) is 18.8 Å². The topological polar surface area (TPSA) is 44.2 Å². The molecule has 4 heteroatoms. The predicted molar refractivity (Wildman–Crippen MR) is 56.0 cm³/mol. The Balaban J connectivity index is 2.17.